The van der Waals surface area contributed by atoms with Crippen molar-refractivity contribution < 1.29 is 5.11 Å². The molecule has 1 N–H and O–H groups in total. The van der Waals surface area contributed by atoms with Crippen molar-refractivity contribution in [2.75, 3.05) is 18.0 Å². The van der Waals surface area contributed by atoms with E-state index in [4.69, 9.17) is 0 Å². The second-order valence-corrected chi connectivity index (χ2v) is 6.44. The van der Waals surface area contributed by atoms with Crippen LogP contribution in [0.1, 0.15) is 50.0 Å². The summed E-state index contributed by atoms with van der Waals surface area (Å²) in [6.07, 6.45) is 8.49. The molecule has 1 aromatic rings. The Balaban J connectivity index is 1.79. The molecule has 0 amide bonds. The van der Waals surface area contributed by atoms with Crippen molar-refractivity contribution in [2.24, 2.45) is 0 Å². The van der Waals surface area contributed by atoms with Gasteiger partial charge in [-0.1, -0.05) is 43.5 Å². The quantitative estimate of drug-likeness (QED) is 0.841. The third-order valence-electron chi connectivity index (χ3n) is 4.92. The van der Waals surface area contributed by atoms with Gasteiger partial charge in [-0.2, -0.15) is 0 Å². The topological polar surface area (TPSA) is 23.5 Å². The summed E-state index contributed by atoms with van der Waals surface area (Å²) in [4.78, 5) is 2.39. The Bertz CT molecular complexity index is 476. The Morgan fingerprint density at radius 3 is 2.75 bits per heavy atom. The molecule has 2 heteroatoms. The SMILES string of the molecule is C=CCN1CC(CC2(O)CCCCC2)c2ccccc21. The predicted molar refractivity (Wildman–Crippen MR) is 84.2 cm³/mol. The number of rotatable bonds is 4. The average molecular weight is 271 g/mol. The molecular formula is C18H25NO. The van der Waals surface area contributed by atoms with Gasteiger partial charge in [0.2, 0.25) is 0 Å². The number of hydrogen-bond acceptors (Lipinski definition) is 2. The van der Waals surface area contributed by atoms with Crippen LogP contribution in [0.3, 0.4) is 0 Å². The van der Waals surface area contributed by atoms with Crippen LogP contribution in [0.25, 0.3) is 0 Å². The van der Waals surface area contributed by atoms with Gasteiger partial charge in [-0.15, -0.1) is 6.58 Å². The van der Waals surface area contributed by atoms with Gasteiger partial charge < -0.3 is 10.0 Å². The summed E-state index contributed by atoms with van der Waals surface area (Å²) in [7, 11) is 0. The zero-order valence-corrected chi connectivity index (χ0v) is 12.2. The summed E-state index contributed by atoms with van der Waals surface area (Å²) in [6, 6.07) is 8.65. The summed E-state index contributed by atoms with van der Waals surface area (Å²) >= 11 is 0. The Labute approximate surface area is 122 Å². The molecule has 3 rings (SSSR count). The van der Waals surface area contributed by atoms with Gasteiger partial charge in [0, 0.05) is 24.7 Å². The predicted octanol–water partition coefficient (Wildman–Crippen LogP) is 3.86. The first-order chi connectivity index (χ1) is 9.72. The lowest BCUT2D eigenvalue weighted by Crippen LogP contribution is -2.34. The zero-order valence-electron chi connectivity index (χ0n) is 12.2. The highest BCUT2D eigenvalue weighted by atomic mass is 16.3. The van der Waals surface area contributed by atoms with E-state index in [0.29, 0.717) is 5.92 Å². The van der Waals surface area contributed by atoms with E-state index < -0.39 is 5.60 Å². The van der Waals surface area contributed by atoms with Crippen molar-refractivity contribution in [3.05, 3.63) is 42.5 Å². The fourth-order valence-corrected chi connectivity index (χ4v) is 3.96. The number of anilines is 1. The molecule has 0 spiro atoms. The summed E-state index contributed by atoms with van der Waals surface area (Å²) in [5.74, 6) is 0.467. The molecule has 1 atom stereocenters. The van der Waals surface area contributed by atoms with Crippen LogP contribution in [-0.2, 0) is 0 Å². The Morgan fingerprint density at radius 2 is 2.00 bits per heavy atom. The molecule has 20 heavy (non-hydrogen) atoms. The van der Waals surface area contributed by atoms with Gasteiger partial charge in [0.25, 0.3) is 0 Å². The Morgan fingerprint density at radius 1 is 1.25 bits per heavy atom. The van der Waals surface area contributed by atoms with Crippen LogP contribution in [0.2, 0.25) is 0 Å². The standard InChI is InChI=1S/C18H25NO/c1-2-12-19-14-15(16-8-4-5-9-17(16)19)13-18(20)10-6-3-7-11-18/h2,4-5,8-9,15,20H,1,3,6-7,10-14H2. The van der Waals surface area contributed by atoms with Gasteiger partial charge in [0.05, 0.1) is 5.60 Å². The van der Waals surface area contributed by atoms with Crippen LogP contribution >= 0.6 is 0 Å². The molecule has 1 saturated carbocycles. The lowest BCUT2D eigenvalue weighted by atomic mass is 9.77. The van der Waals surface area contributed by atoms with E-state index in [-0.39, 0.29) is 0 Å². The van der Waals surface area contributed by atoms with E-state index in [0.717, 1.165) is 32.4 Å². The maximum Gasteiger partial charge on any atom is 0.0654 e. The summed E-state index contributed by atoms with van der Waals surface area (Å²) in [6.45, 7) is 5.78. The average Bonchev–Trinajstić information content (AvgIpc) is 2.78. The molecule has 0 saturated heterocycles. The molecule has 2 aliphatic rings. The van der Waals surface area contributed by atoms with Crippen molar-refractivity contribution in [3.63, 3.8) is 0 Å². The number of para-hydroxylation sites is 1. The van der Waals surface area contributed by atoms with Crippen molar-refractivity contribution in [1.82, 2.24) is 0 Å². The molecule has 1 aliphatic carbocycles. The molecule has 1 fully saturated rings. The summed E-state index contributed by atoms with van der Waals surface area (Å²) < 4.78 is 0. The fourth-order valence-electron chi connectivity index (χ4n) is 3.96. The molecule has 1 heterocycles. The molecule has 1 aliphatic heterocycles. The summed E-state index contributed by atoms with van der Waals surface area (Å²) in [5, 5.41) is 10.8. The molecule has 0 aromatic heterocycles. The highest BCUT2D eigenvalue weighted by molar-refractivity contribution is 5.60. The third-order valence-corrected chi connectivity index (χ3v) is 4.92. The van der Waals surface area contributed by atoms with Crippen LogP contribution in [0.5, 0.6) is 0 Å². The molecular weight excluding hydrogens is 246 g/mol. The number of aliphatic hydroxyl groups is 1. The van der Waals surface area contributed by atoms with Gasteiger partial charge in [-0.3, -0.25) is 0 Å². The van der Waals surface area contributed by atoms with Gasteiger partial charge in [0.1, 0.15) is 0 Å². The van der Waals surface area contributed by atoms with Crippen molar-refractivity contribution >= 4 is 5.69 Å². The van der Waals surface area contributed by atoms with Crippen LogP contribution in [-0.4, -0.2) is 23.8 Å². The third kappa shape index (κ3) is 2.62. The minimum Gasteiger partial charge on any atom is -0.390 e. The van der Waals surface area contributed by atoms with Gasteiger partial charge in [-0.05, 0) is 30.9 Å². The van der Waals surface area contributed by atoms with E-state index >= 15 is 0 Å². The smallest absolute Gasteiger partial charge is 0.0654 e. The van der Waals surface area contributed by atoms with Crippen molar-refractivity contribution in [1.29, 1.82) is 0 Å². The zero-order chi connectivity index (χ0) is 14.0. The Hall–Kier alpha value is -1.28. The monoisotopic (exact) mass is 271 g/mol. The van der Waals surface area contributed by atoms with Crippen LogP contribution in [0.15, 0.2) is 36.9 Å². The minimum atomic E-state index is -0.430. The molecule has 108 valence electrons. The van der Waals surface area contributed by atoms with Crippen molar-refractivity contribution in [3.8, 4) is 0 Å². The normalized spacial score (nSPS) is 24.4. The number of nitrogens with zero attached hydrogens (tertiary/aromatic N) is 1. The van der Waals surface area contributed by atoms with E-state index in [1.54, 1.807) is 0 Å². The largest absolute Gasteiger partial charge is 0.390 e. The van der Waals surface area contributed by atoms with Gasteiger partial charge in [-0.25, -0.2) is 0 Å². The van der Waals surface area contributed by atoms with Gasteiger partial charge >= 0.3 is 0 Å². The second kappa shape index (κ2) is 5.61. The lowest BCUT2D eigenvalue weighted by Gasteiger charge is -2.34. The summed E-state index contributed by atoms with van der Waals surface area (Å²) in [5.41, 5.74) is 2.31. The Kier molecular flexibility index (Phi) is 3.84. The second-order valence-electron chi connectivity index (χ2n) is 6.44. The van der Waals surface area contributed by atoms with Gasteiger partial charge in [0.15, 0.2) is 0 Å². The first-order valence-corrected chi connectivity index (χ1v) is 7.89. The fraction of sp³-hybridized carbons (Fsp3) is 0.556. The molecule has 0 bridgehead atoms. The van der Waals surface area contributed by atoms with Crippen LogP contribution < -0.4 is 4.90 Å². The highest BCUT2D eigenvalue weighted by Gasteiger charge is 2.36. The molecule has 1 unspecified atom stereocenters. The molecule has 1 aromatic carbocycles. The lowest BCUT2D eigenvalue weighted by molar-refractivity contribution is -0.00874. The maximum absolute atomic E-state index is 10.8. The van der Waals surface area contributed by atoms with E-state index in [1.807, 2.05) is 6.08 Å². The minimum absolute atomic E-state index is 0.430. The number of hydrogen-bond donors (Lipinski definition) is 1. The van der Waals surface area contributed by atoms with Crippen LogP contribution in [0.4, 0.5) is 5.69 Å². The molecule has 0 radical (unpaired) electrons. The van der Waals surface area contributed by atoms with E-state index in [9.17, 15) is 5.11 Å². The molecule has 2 nitrogen and oxygen atoms in total. The maximum atomic E-state index is 10.8. The van der Waals surface area contributed by atoms with E-state index in [2.05, 4.69) is 35.7 Å². The van der Waals surface area contributed by atoms with E-state index in [1.165, 1.54) is 30.5 Å². The first-order valence-electron chi connectivity index (χ1n) is 7.89. The highest BCUT2D eigenvalue weighted by Crippen LogP contribution is 2.43. The first kappa shape index (κ1) is 13.7. The van der Waals surface area contributed by atoms with Crippen LogP contribution in [0, 0.1) is 0 Å². The number of benzene rings is 1. The number of fused-ring (bicyclic) bond motifs is 1. The van der Waals surface area contributed by atoms with Crippen molar-refractivity contribution in [2.45, 2.75) is 50.0 Å².